The Morgan fingerprint density at radius 3 is 2.72 bits per heavy atom. The lowest BCUT2D eigenvalue weighted by atomic mass is 10.1. The van der Waals surface area contributed by atoms with Crippen LogP contribution in [0.4, 0.5) is 0 Å². The standard InChI is InChI=1S/C13H14N2O3/c1-9-11(15-8-18-9)7-14-12(13(16)17)10-5-3-2-4-6-10/h2-6,8,12,14H,7H2,1H3,(H,16,17). The molecule has 2 N–H and O–H groups in total. The van der Waals surface area contributed by atoms with Gasteiger partial charge >= 0.3 is 5.97 Å². The van der Waals surface area contributed by atoms with Gasteiger partial charge in [-0.1, -0.05) is 30.3 Å². The largest absolute Gasteiger partial charge is 0.480 e. The summed E-state index contributed by atoms with van der Waals surface area (Å²) in [4.78, 5) is 15.3. The molecule has 1 heterocycles. The van der Waals surface area contributed by atoms with Crippen LogP contribution in [0.25, 0.3) is 0 Å². The maximum Gasteiger partial charge on any atom is 0.325 e. The first-order valence-corrected chi connectivity index (χ1v) is 5.58. The first kappa shape index (κ1) is 12.3. The average molecular weight is 246 g/mol. The zero-order chi connectivity index (χ0) is 13.0. The molecule has 0 fully saturated rings. The van der Waals surface area contributed by atoms with E-state index in [1.807, 2.05) is 18.2 Å². The van der Waals surface area contributed by atoms with Crippen LogP contribution in [0, 0.1) is 6.92 Å². The molecule has 18 heavy (non-hydrogen) atoms. The van der Waals surface area contributed by atoms with E-state index in [2.05, 4.69) is 10.3 Å². The van der Waals surface area contributed by atoms with Crippen molar-refractivity contribution in [2.45, 2.75) is 19.5 Å². The molecule has 1 aromatic carbocycles. The number of carbonyl (C=O) groups is 1. The fourth-order valence-electron chi connectivity index (χ4n) is 1.69. The topological polar surface area (TPSA) is 75.4 Å². The number of nitrogens with zero attached hydrogens (tertiary/aromatic N) is 1. The first-order valence-electron chi connectivity index (χ1n) is 5.58. The van der Waals surface area contributed by atoms with Gasteiger partial charge in [-0.25, -0.2) is 4.98 Å². The highest BCUT2D eigenvalue weighted by molar-refractivity contribution is 5.75. The molecule has 0 aliphatic rings. The summed E-state index contributed by atoms with van der Waals surface area (Å²) in [5.41, 5.74) is 1.43. The van der Waals surface area contributed by atoms with Crippen LogP contribution in [0.5, 0.6) is 0 Å². The van der Waals surface area contributed by atoms with E-state index in [4.69, 9.17) is 4.42 Å². The maximum atomic E-state index is 11.2. The van der Waals surface area contributed by atoms with Gasteiger partial charge in [0, 0.05) is 6.54 Å². The number of aliphatic carboxylic acids is 1. The van der Waals surface area contributed by atoms with Crippen molar-refractivity contribution in [2.75, 3.05) is 0 Å². The van der Waals surface area contributed by atoms with Crippen molar-refractivity contribution < 1.29 is 14.3 Å². The van der Waals surface area contributed by atoms with E-state index in [9.17, 15) is 9.90 Å². The number of aromatic nitrogens is 1. The molecule has 1 unspecified atom stereocenters. The summed E-state index contributed by atoms with van der Waals surface area (Å²) >= 11 is 0. The molecule has 0 aliphatic heterocycles. The third-order valence-electron chi connectivity index (χ3n) is 2.70. The smallest absolute Gasteiger partial charge is 0.325 e. The zero-order valence-corrected chi connectivity index (χ0v) is 9.96. The normalized spacial score (nSPS) is 12.3. The Kier molecular flexibility index (Phi) is 3.74. The van der Waals surface area contributed by atoms with Gasteiger partial charge in [0.15, 0.2) is 6.39 Å². The number of hydrogen-bond acceptors (Lipinski definition) is 4. The average Bonchev–Trinajstić information content (AvgIpc) is 2.76. The Balaban J connectivity index is 2.09. The van der Waals surface area contributed by atoms with Gasteiger partial charge in [0.2, 0.25) is 0 Å². The van der Waals surface area contributed by atoms with Gasteiger partial charge in [-0.3, -0.25) is 10.1 Å². The Morgan fingerprint density at radius 1 is 1.44 bits per heavy atom. The number of carboxylic acid groups (broad SMARTS) is 1. The zero-order valence-electron chi connectivity index (χ0n) is 9.96. The van der Waals surface area contributed by atoms with Crippen LogP contribution >= 0.6 is 0 Å². The summed E-state index contributed by atoms with van der Waals surface area (Å²) in [6.07, 6.45) is 1.35. The molecule has 5 nitrogen and oxygen atoms in total. The fourth-order valence-corrected chi connectivity index (χ4v) is 1.69. The van der Waals surface area contributed by atoms with E-state index in [0.29, 0.717) is 17.9 Å². The van der Waals surface area contributed by atoms with E-state index >= 15 is 0 Å². The number of oxazole rings is 1. The van der Waals surface area contributed by atoms with Crippen molar-refractivity contribution in [3.8, 4) is 0 Å². The van der Waals surface area contributed by atoms with Gasteiger partial charge in [0.1, 0.15) is 11.8 Å². The van der Waals surface area contributed by atoms with Crippen molar-refractivity contribution in [1.29, 1.82) is 0 Å². The molecule has 0 radical (unpaired) electrons. The van der Waals surface area contributed by atoms with Crippen molar-refractivity contribution in [3.63, 3.8) is 0 Å². The van der Waals surface area contributed by atoms with E-state index in [1.54, 1.807) is 19.1 Å². The second-order valence-corrected chi connectivity index (χ2v) is 3.92. The predicted octanol–water partition coefficient (Wildman–Crippen LogP) is 1.90. The van der Waals surface area contributed by atoms with Crippen LogP contribution < -0.4 is 5.32 Å². The third kappa shape index (κ3) is 2.75. The van der Waals surface area contributed by atoms with E-state index in [0.717, 1.165) is 5.69 Å². The number of hydrogen-bond donors (Lipinski definition) is 2. The van der Waals surface area contributed by atoms with E-state index in [-0.39, 0.29) is 0 Å². The fraction of sp³-hybridized carbons (Fsp3) is 0.231. The van der Waals surface area contributed by atoms with Gasteiger partial charge in [-0.2, -0.15) is 0 Å². The minimum atomic E-state index is -0.914. The summed E-state index contributed by atoms with van der Waals surface area (Å²) in [6, 6.07) is 8.29. The van der Waals surface area contributed by atoms with Gasteiger partial charge in [0.25, 0.3) is 0 Å². The molecule has 0 amide bonds. The van der Waals surface area contributed by atoms with Gasteiger partial charge < -0.3 is 9.52 Å². The summed E-state index contributed by atoms with van der Waals surface area (Å²) in [5.74, 6) is -0.220. The minimum Gasteiger partial charge on any atom is -0.480 e. The molecule has 0 saturated heterocycles. The molecule has 0 saturated carbocycles. The number of benzene rings is 1. The monoisotopic (exact) mass is 246 g/mol. The van der Waals surface area contributed by atoms with Crippen LogP contribution in [0.3, 0.4) is 0 Å². The highest BCUT2D eigenvalue weighted by Crippen LogP contribution is 2.14. The second kappa shape index (κ2) is 5.46. The number of nitrogens with one attached hydrogen (secondary N) is 1. The molecule has 1 aromatic heterocycles. The SMILES string of the molecule is Cc1ocnc1CNC(C(=O)O)c1ccccc1. The first-order chi connectivity index (χ1) is 8.68. The van der Waals surface area contributed by atoms with Crippen LogP contribution in [0.2, 0.25) is 0 Å². The van der Waals surface area contributed by atoms with Crippen LogP contribution in [-0.4, -0.2) is 16.1 Å². The van der Waals surface area contributed by atoms with Crippen LogP contribution in [-0.2, 0) is 11.3 Å². The van der Waals surface area contributed by atoms with E-state index in [1.165, 1.54) is 6.39 Å². The molecular weight excluding hydrogens is 232 g/mol. The van der Waals surface area contributed by atoms with Crippen LogP contribution in [0.1, 0.15) is 23.1 Å². The molecule has 5 heteroatoms. The second-order valence-electron chi connectivity index (χ2n) is 3.92. The quantitative estimate of drug-likeness (QED) is 0.842. The van der Waals surface area contributed by atoms with E-state index < -0.39 is 12.0 Å². The molecule has 0 spiro atoms. The van der Waals surface area contributed by atoms with Gasteiger partial charge in [0.05, 0.1) is 5.69 Å². The Morgan fingerprint density at radius 2 is 2.17 bits per heavy atom. The predicted molar refractivity (Wildman–Crippen MR) is 64.9 cm³/mol. The number of aryl methyl sites for hydroxylation is 1. The molecule has 2 aromatic rings. The summed E-state index contributed by atoms with van der Waals surface area (Å²) in [6.45, 7) is 2.15. The Labute approximate surface area is 104 Å². The highest BCUT2D eigenvalue weighted by Gasteiger charge is 2.19. The van der Waals surface area contributed by atoms with Gasteiger partial charge in [-0.15, -0.1) is 0 Å². The van der Waals surface area contributed by atoms with Crippen LogP contribution in [0.15, 0.2) is 41.1 Å². The Hall–Kier alpha value is -2.14. The molecule has 2 rings (SSSR count). The molecule has 1 atom stereocenters. The van der Waals surface area contributed by atoms with Crippen molar-refractivity contribution in [3.05, 3.63) is 53.7 Å². The lowest BCUT2D eigenvalue weighted by molar-refractivity contribution is -0.139. The molecule has 0 aliphatic carbocycles. The van der Waals surface area contributed by atoms with Crippen molar-refractivity contribution in [2.24, 2.45) is 0 Å². The third-order valence-corrected chi connectivity index (χ3v) is 2.70. The number of carboxylic acids is 1. The minimum absolute atomic E-state index is 0.355. The number of rotatable bonds is 5. The Bertz CT molecular complexity index is 522. The lowest BCUT2D eigenvalue weighted by Crippen LogP contribution is -2.28. The lowest BCUT2D eigenvalue weighted by Gasteiger charge is -2.13. The summed E-state index contributed by atoms with van der Waals surface area (Å²) in [7, 11) is 0. The molecule has 94 valence electrons. The molecule has 0 bridgehead atoms. The van der Waals surface area contributed by atoms with Gasteiger partial charge in [-0.05, 0) is 12.5 Å². The van der Waals surface area contributed by atoms with Crippen molar-refractivity contribution in [1.82, 2.24) is 10.3 Å². The summed E-state index contributed by atoms with van der Waals surface area (Å²) in [5, 5.41) is 12.2. The molecular formula is C13H14N2O3. The summed E-state index contributed by atoms with van der Waals surface area (Å²) < 4.78 is 5.06. The highest BCUT2D eigenvalue weighted by atomic mass is 16.4. The van der Waals surface area contributed by atoms with Crippen molar-refractivity contribution >= 4 is 5.97 Å². The maximum absolute atomic E-state index is 11.2.